The number of hydrogen-bond acceptors (Lipinski definition) is 5. The second-order valence-electron chi connectivity index (χ2n) is 3.30. The summed E-state index contributed by atoms with van der Waals surface area (Å²) in [6, 6.07) is 0. The van der Waals surface area contributed by atoms with Crippen LogP contribution in [0.15, 0.2) is 12.7 Å². The molecule has 2 aromatic heterocycles. The van der Waals surface area contributed by atoms with Crippen molar-refractivity contribution >= 4 is 17.0 Å². The van der Waals surface area contributed by atoms with Gasteiger partial charge >= 0.3 is 0 Å². The largest absolute Gasteiger partial charge is 0.396 e. The van der Waals surface area contributed by atoms with Gasteiger partial charge in [-0.05, 0) is 6.42 Å². The summed E-state index contributed by atoms with van der Waals surface area (Å²) in [6.07, 6.45) is 3.81. The lowest BCUT2D eigenvalue weighted by atomic mass is 10.4. The molecule has 2 N–H and O–H groups in total. The number of nitrogens with one attached hydrogen (secondary N) is 1. The molecular weight excluding hydrogens is 194 g/mol. The lowest BCUT2D eigenvalue weighted by Gasteiger charge is -2.17. The molecule has 0 bridgehead atoms. The lowest BCUT2D eigenvalue weighted by molar-refractivity contribution is 0.290. The Bertz CT molecular complexity index is 441. The van der Waals surface area contributed by atoms with Crippen molar-refractivity contribution in [2.45, 2.75) is 6.42 Å². The van der Waals surface area contributed by atoms with E-state index in [0.717, 1.165) is 24.3 Å². The highest BCUT2D eigenvalue weighted by molar-refractivity contribution is 5.82. The summed E-state index contributed by atoms with van der Waals surface area (Å²) in [5, 5.41) is 8.76. The van der Waals surface area contributed by atoms with Gasteiger partial charge in [0.25, 0.3) is 0 Å². The van der Waals surface area contributed by atoms with Gasteiger partial charge < -0.3 is 15.0 Å². The molecule has 0 fully saturated rings. The van der Waals surface area contributed by atoms with E-state index in [9.17, 15) is 0 Å². The fourth-order valence-corrected chi connectivity index (χ4v) is 1.46. The second kappa shape index (κ2) is 4.22. The third-order valence-electron chi connectivity index (χ3n) is 2.22. The molecule has 0 aromatic carbocycles. The van der Waals surface area contributed by atoms with E-state index in [1.54, 1.807) is 6.33 Å². The highest BCUT2D eigenvalue weighted by Gasteiger charge is 2.09. The first-order valence-electron chi connectivity index (χ1n) is 4.79. The fourth-order valence-electron chi connectivity index (χ4n) is 1.46. The molecule has 0 spiro atoms. The maximum atomic E-state index is 8.76. The van der Waals surface area contributed by atoms with Crippen LogP contribution in [0.3, 0.4) is 0 Å². The van der Waals surface area contributed by atoms with Crippen molar-refractivity contribution in [3.63, 3.8) is 0 Å². The van der Waals surface area contributed by atoms with Crippen LogP contribution >= 0.6 is 0 Å². The predicted octanol–water partition coefficient (Wildman–Crippen LogP) is 0.171. The molecule has 0 radical (unpaired) electrons. The van der Waals surface area contributed by atoms with Gasteiger partial charge in [0.1, 0.15) is 11.8 Å². The Hall–Kier alpha value is -1.69. The van der Waals surface area contributed by atoms with E-state index in [2.05, 4.69) is 19.9 Å². The Kier molecular flexibility index (Phi) is 2.77. The summed E-state index contributed by atoms with van der Waals surface area (Å²) >= 11 is 0. The van der Waals surface area contributed by atoms with Crippen LogP contribution in [0, 0.1) is 0 Å². The van der Waals surface area contributed by atoms with Gasteiger partial charge in [0.15, 0.2) is 11.5 Å². The first-order chi connectivity index (χ1) is 7.33. The Balaban J connectivity index is 2.29. The number of fused-ring (bicyclic) bond motifs is 1. The third-order valence-corrected chi connectivity index (χ3v) is 2.22. The molecule has 0 aliphatic heterocycles. The number of nitrogens with zero attached hydrogens (tertiary/aromatic N) is 4. The number of anilines is 1. The first kappa shape index (κ1) is 9.85. The number of H-pyrrole nitrogens is 1. The van der Waals surface area contributed by atoms with Crippen LogP contribution in [-0.2, 0) is 0 Å². The molecule has 0 aliphatic rings. The predicted molar refractivity (Wildman–Crippen MR) is 56.7 cm³/mol. The van der Waals surface area contributed by atoms with E-state index in [0.29, 0.717) is 5.65 Å². The Labute approximate surface area is 87.0 Å². The fraction of sp³-hybridized carbons (Fsp3) is 0.444. The van der Waals surface area contributed by atoms with E-state index in [1.807, 2.05) is 11.9 Å². The van der Waals surface area contributed by atoms with Crippen molar-refractivity contribution in [3.8, 4) is 0 Å². The molecule has 0 saturated heterocycles. The zero-order chi connectivity index (χ0) is 10.7. The molecule has 0 amide bonds. The summed E-state index contributed by atoms with van der Waals surface area (Å²) in [6.45, 7) is 0.934. The molecular formula is C9H13N5O. The van der Waals surface area contributed by atoms with Crippen LogP contribution in [0.5, 0.6) is 0 Å². The average molecular weight is 207 g/mol. The number of rotatable bonds is 4. The van der Waals surface area contributed by atoms with E-state index in [-0.39, 0.29) is 6.61 Å². The Morgan fingerprint density at radius 2 is 2.27 bits per heavy atom. The van der Waals surface area contributed by atoms with Gasteiger partial charge in [-0.2, -0.15) is 0 Å². The molecule has 80 valence electrons. The van der Waals surface area contributed by atoms with E-state index in [4.69, 9.17) is 5.11 Å². The lowest BCUT2D eigenvalue weighted by Crippen LogP contribution is -2.21. The number of aliphatic hydroxyl groups is 1. The first-order valence-corrected chi connectivity index (χ1v) is 4.79. The number of aromatic nitrogens is 4. The molecule has 0 unspecified atom stereocenters. The maximum absolute atomic E-state index is 8.76. The molecule has 2 rings (SSSR count). The third kappa shape index (κ3) is 1.89. The number of aliphatic hydroxyl groups excluding tert-OH is 1. The molecule has 0 atom stereocenters. The second-order valence-corrected chi connectivity index (χ2v) is 3.30. The van der Waals surface area contributed by atoms with Gasteiger partial charge in [-0.3, -0.25) is 0 Å². The zero-order valence-electron chi connectivity index (χ0n) is 8.51. The standard InChI is InChI=1S/C9H13N5O/c1-14(3-2-4-15)9-7-8(11-5-10-7)12-6-13-9/h5-6,15H,2-4H2,1H3,(H,10,11,12,13). The molecule has 6 nitrogen and oxygen atoms in total. The highest BCUT2D eigenvalue weighted by Crippen LogP contribution is 2.17. The summed E-state index contributed by atoms with van der Waals surface area (Å²) in [4.78, 5) is 17.3. The average Bonchev–Trinajstić information content (AvgIpc) is 2.73. The van der Waals surface area contributed by atoms with Crippen LogP contribution < -0.4 is 4.90 Å². The van der Waals surface area contributed by atoms with Crippen molar-refractivity contribution in [1.82, 2.24) is 19.9 Å². The van der Waals surface area contributed by atoms with Gasteiger partial charge in [0.05, 0.1) is 6.33 Å². The van der Waals surface area contributed by atoms with Gasteiger partial charge in [0, 0.05) is 20.2 Å². The van der Waals surface area contributed by atoms with Gasteiger partial charge in [-0.15, -0.1) is 0 Å². The van der Waals surface area contributed by atoms with Crippen molar-refractivity contribution in [1.29, 1.82) is 0 Å². The summed E-state index contributed by atoms with van der Waals surface area (Å²) in [5.74, 6) is 0.811. The minimum atomic E-state index is 0.182. The maximum Gasteiger partial charge on any atom is 0.182 e. The van der Waals surface area contributed by atoms with Crippen LogP contribution in [-0.4, -0.2) is 45.2 Å². The molecule has 0 saturated carbocycles. The molecule has 0 aliphatic carbocycles. The zero-order valence-corrected chi connectivity index (χ0v) is 8.51. The minimum Gasteiger partial charge on any atom is -0.396 e. The normalized spacial score (nSPS) is 10.8. The van der Waals surface area contributed by atoms with Gasteiger partial charge in [0.2, 0.25) is 0 Å². The van der Waals surface area contributed by atoms with Crippen molar-refractivity contribution in [2.75, 3.05) is 25.1 Å². The molecule has 2 aromatic rings. The van der Waals surface area contributed by atoms with Crippen LogP contribution in [0.1, 0.15) is 6.42 Å². The van der Waals surface area contributed by atoms with Crippen LogP contribution in [0.25, 0.3) is 11.2 Å². The quantitative estimate of drug-likeness (QED) is 0.747. The van der Waals surface area contributed by atoms with Crippen molar-refractivity contribution in [3.05, 3.63) is 12.7 Å². The van der Waals surface area contributed by atoms with Gasteiger partial charge in [-0.25, -0.2) is 15.0 Å². The summed E-state index contributed by atoms with van der Waals surface area (Å²) in [7, 11) is 1.93. The van der Waals surface area contributed by atoms with Crippen LogP contribution in [0.4, 0.5) is 5.82 Å². The molecule has 2 heterocycles. The smallest absolute Gasteiger partial charge is 0.182 e. The molecule has 6 heteroatoms. The monoisotopic (exact) mass is 207 g/mol. The number of aromatic amines is 1. The van der Waals surface area contributed by atoms with Crippen molar-refractivity contribution < 1.29 is 5.11 Å². The highest BCUT2D eigenvalue weighted by atomic mass is 16.3. The molecule has 15 heavy (non-hydrogen) atoms. The SMILES string of the molecule is CN(CCCO)c1ncnc2nc[nH]c12. The van der Waals surface area contributed by atoms with E-state index >= 15 is 0 Å². The van der Waals surface area contributed by atoms with Gasteiger partial charge in [-0.1, -0.05) is 0 Å². The number of hydrogen-bond donors (Lipinski definition) is 2. The summed E-state index contributed by atoms with van der Waals surface area (Å²) < 4.78 is 0. The van der Waals surface area contributed by atoms with E-state index in [1.165, 1.54) is 6.33 Å². The van der Waals surface area contributed by atoms with Crippen LogP contribution in [0.2, 0.25) is 0 Å². The summed E-state index contributed by atoms with van der Waals surface area (Å²) in [5.41, 5.74) is 1.49. The van der Waals surface area contributed by atoms with E-state index < -0.39 is 0 Å². The minimum absolute atomic E-state index is 0.182. The van der Waals surface area contributed by atoms with Crippen molar-refractivity contribution in [2.24, 2.45) is 0 Å². The number of imidazole rings is 1. The Morgan fingerprint density at radius 3 is 3.07 bits per heavy atom. The Morgan fingerprint density at radius 1 is 1.40 bits per heavy atom. The topological polar surface area (TPSA) is 77.9 Å².